The molecule has 0 aliphatic rings. The van der Waals surface area contributed by atoms with Crippen molar-refractivity contribution in [2.75, 3.05) is 26.0 Å². The lowest BCUT2D eigenvalue weighted by atomic mass is 9.97. The monoisotopic (exact) mass is 515 g/mol. The van der Waals surface area contributed by atoms with Gasteiger partial charge in [0, 0.05) is 47.6 Å². The maximum atomic E-state index is 12.6. The number of carbonyl (C=O) groups excluding carboxylic acids is 1. The highest BCUT2D eigenvalue weighted by Gasteiger charge is 2.24. The van der Waals surface area contributed by atoms with Gasteiger partial charge in [-0.1, -0.05) is 19.9 Å². The molecule has 2 aromatic heterocycles. The average molecular weight is 516 g/mol. The van der Waals surface area contributed by atoms with E-state index in [2.05, 4.69) is 37.1 Å². The minimum absolute atomic E-state index is 0.0912. The molecule has 8 heteroatoms. The number of aromatic nitrogens is 1. The van der Waals surface area contributed by atoms with Crippen molar-refractivity contribution < 1.29 is 23.8 Å². The number of carboxylic acid groups (broad SMARTS) is 1. The predicted molar refractivity (Wildman–Crippen MR) is 148 cm³/mol. The summed E-state index contributed by atoms with van der Waals surface area (Å²) in [6.07, 6.45) is 1.62. The van der Waals surface area contributed by atoms with Crippen LogP contribution in [0.2, 0.25) is 0 Å². The van der Waals surface area contributed by atoms with Gasteiger partial charge in [0.25, 0.3) is 5.91 Å². The summed E-state index contributed by atoms with van der Waals surface area (Å²) in [6, 6.07) is 17.1. The Morgan fingerprint density at radius 3 is 2.53 bits per heavy atom. The average Bonchev–Trinajstić information content (AvgIpc) is 3.25. The minimum Gasteiger partial charge on any atom is -0.481 e. The van der Waals surface area contributed by atoms with E-state index in [1.54, 1.807) is 32.5 Å². The van der Waals surface area contributed by atoms with E-state index in [1.807, 2.05) is 36.4 Å². The fourth-order valence-electron chi connectivity index (χ4n) is 4.49. The Kier molecular flexibility index (Phi) is 8.00. The van der Waals surface area contributed by atoms with Crippen molar-refractivity contribution in [3.8, 4) is 17.0 Å². The molecule has 0 fully saturated rings. The zero-order valence-corrected chi connectivity index (χ0v) is 22.3. The summed E-state index contributed by atoms with van der Waals surface area (Å²) in [4.78, 5) is 29.2. The number of carboxylic acids is 1. The molecule has 0 spiro atoms. The quantitative estimate of drug-likeness (QED) is 0.260. The highest BCUT2D eigenvalue weighted by Crippen LogP contribution is 2.38. The Morgan fingerprint density at radius 2 is 1.87 bits per heavy atom. The molecule has 1 amide bonds. The second-order valence-electron chi connectivity index (χ2n) is 9.68. The molecular weight excluding hydrogens is 482 g/mol. The van der Waals surface area contributed by atoms with Crippen LogP contribution in [0.15, 0.2) is 65.2 Å². The molecule has 4 aromatic rings. The Balaban J connectivity index is 1.58. The van der Waals surface area contributed by atoms with Gasteiger partial charge in [0.2, 0.25) is 5.88 Å². The van der Waals surface area contributed by atoms with Crippen molar-refractivity contribution >= 4 is 28.5 Å². The van der Waals surface area contributed by atoms with Crippen molar-refractivity contribution in [3.05, 3.63) is 77.7 Å². The van der Waals surface area contributed by atoms with Crippen molar-refractivity contribution in [1.29, 1.82) is 0 Å². The summed E-state index contributed by atoms with van der Waals surface area (Å²) in [5.41, 5.74) is 5.14. The van der Waals surface area contributed by atoms with Crippen LogP contribution in [-0.4, -0.2) is 47.6 Å². The van der Waals surface area contributed by atoms with Crippen molar-refractivity contribution in [2.24, 2.45) is 5.92 Å². The number of benzene rings is 2. The summed E-state index contributed by atoms with van der Waals surface area (Å²) in [7, 11) is 3.22. The SMILES string of the molecule is COc1ncccc1-c1ccc2oc(C(Nc3ccc(C(=O)N(C)CCC(=O)O)cc3)C(C)C)c(C)c2c1. The number of carbonyl (C=O) groups is 2. The molecule has 0 saturated carbocycles. The second kappa shape index (κ2) is 11.4. The van der Waals surface area contributed by atoms with Crippen LogP contribution in [0.1, 0.15) is 48.0 Å². The summed E-state index contributed by atoms with van der Waals surface area (Å²) in [6.45, 7) is 6.48. The number of furan rings is 1. The highest BCUT2D eigenvalue weighted by molar-refractivity contribution is 5.94. The first kappa shape index (κ1) is 26.7. The number of pyridine rings is 1. The molecule has 0 bridgehead atoms. The van der Waals surface area contributed by atoms with Crippen LogP contribution in [0.5, 0.6) is 5.88 Å². The van der Waals surface area contributed by atoms with E-state index in [0.717, 1.165) is 39.1 Å². The van der Waals surface area contributed by atoms with Gasteiger partial charge < -0.3 is 24.5 Å². The molecule has 0 aliphatic heterocycles. The molecule has 0 aliphatic carbocycles. The number of ether oxygens (including phenoxy) is 1. The lowest BCUT2D eigenvalue weighted by Gasteiger charge is -2.23. The van der Waals surface area contributed by atoms with Crippen molar-refractivity contribution in [3.63, 3.8) is 0 Å². The van der Waals surface area contributed by atoms with Gasteiger partial charge in [0.05, 0.1) is 19.6 Å². The maximum absolute atomic E-state index is 12.6. The Bertz CT molecular complexity index is 1440. The molecule has 38 heavy (non-hydrogen) atoms. The minimum atomic E-state index is -0.933. The first-order valence-corrected chi connectivity index (χ1v) is 12.6. The number of amides is 1. The first-order chi connectivity index (χ1) is 18.2. The lowest BCUT2D eigenvalue weighted by Crippen LogP contribution is -2.29. The zero-order chi connectivity index (χ0) is 27.4. The zero-order valence-electron chi connectivity index (χ0n) is 22.3. The lowest BCUT2D eigenvalue weighted by molar-refractivity contribution is -0.137. The van der Waals surface area contributed by atoms with E-state index in [1.165, 1.54) is 4.90 Å². The van der Waals surface area contributed by atoms with Gasteiger partial charge in [-0.3, -0.25) is 9.59 Å². The topological polar surface area (TPSA) is 105 Å². The second-order valence-corrected chi connectivity index (χ2v) is 9.68. The summed E-state index contributed by atoms with van der Waals surface area (Å²) in [5.74, 6) is 0.504. The molecule has 0 saturated heterocycles. The van der Waals surface area contributed by atoms with Crippen LogP contribution in [0.4, 0.5) is 5.69 Å². The number of nitrogens with zero attached hydrogens (tertiary/aromatic N) is 2. The van der Waals surface area contributed by atoms with Gasteiger partial charge in [0.15, 0.2) is 0 Å². The van der Waals surface area contributed by atoms with Gasteiger partial charge in [-0.05, 0) is 66.9 Å². The van der Waals surface area contributed by atoms with Crippen LogP contribution in [0.25, 0.3) is 22.1 Å². The third-order valence-corrected chi connectivity index (χ3v) is 6.66. The highest BCUT2D eigenvalue weighted by atomic mass is 16.5. The molecule has 8 nitrogen and oxygen atoms in total. The molecule has 198 valence electrons. The van der Waals surface area contributed by atoms with Crippen LogP contribution in [-0.2, 0) is 4.79 Å². The van der Waals surface area contributed by atoms with Gasteiger partial charge in [0.1, 0.15) is 11.3 Å². The number of fused-ring (bicyclic) bond motifs is 1. The third kappa shape index (κ3) is 5.64. The number of nitrogens with one attached hydrogen (secondary N) is 1. The number of methoxy groups -OCH3 is 1. The third-order valence-electron chi connectivity index (χ3n) is 6.66. The summed E-state index contributed by atoms with van der Waals surface area (Å²) >= 11 is 0. The number of rotatable bonds is 10. The molecule has 2 heterocycles. The smallest absolute Gasteiger partial charge is 0.305 e. The molecule has 2 N–H and O–H groups in total. The molecule has 1 atom stereocenters. The number of aliphatic carboxylic acids is 1. The van der Waals surface area contributed by atoms with Crippen molar-refractivity contribution in [1.82, 2.24) is 9.88 Å². The van der Waals surface area contributed by atoms with Crippen molar-refractivity contribution in [2.45, 2.75) is 33.2 Å². The van der Waals surface area contributed by atoms with E-state index in [-0.39, 0.29) is 30.8 Å². The number of hydrogen-bond acceptors (Lipinski definition) is 6. The van der Waals surface area contributed by atoms with Gasteiger partial charge in [-0.15, -0.1) is 0 Å². The molecule has 0 radical (unpaired) electrons. The maximum Gasteiger partial charge on any atom is 0.305 e. The number of aryl methyl sites for hydroxylation is 1. The van der Waals surface area contributed by atoms with Crippen LogP contribution in [0, 0.1) is 12.8 Å². The Morgan fingerprint density at radius 1 is 1.13 bits per heavy atom. The predicted octanol–water partition coefficient (Wildman–Crippen LogP) is 6.17. The van der Waals surface area contributed by atoms with Gasteiger partial charge in [-0.25, -0.2) is 4.98 Å². The van der Waals surface area contributed by atoms with E-state index in [0.29, 0.717) is 11.4 Å². The van der Waals surface area contributed by atoms with E-state index in [4.69, 9.17) is 14.3 Å². The van der Waals surface area contributed by atoms with Gasteiger partial charge in [-0.2, -0.15) is 0 Å². The number of anilines is 1. The molecule has 1 unspecified atom stereocenters. The molecule has 4 rings (SSSR count). The van der Waals surface area contributed by atoms with Crippen LogP contribution < -0.4 is 10.1 Å². The Hall–Kier alpha value is -4.33. The van der Waals surface area contributed by atoms with E-state index >= 15 is 0 Å². The van der Waals surface area contributed by atoms with Crippen LogP contribution >= 0.6 is 0 Å². The van der Waals surface area contributed by atoms with E-state index in [9.17, 15) is 9.59 Å². The largest absolute Gasteiger partial charge is 0.481 e. The normalized spacial score (nSPS) is 11.9. The number of hydrogen-bond donors (Lipinski definition) is 2. The summed E-state index contributed by atoms with van der Waals surface area (Å²) < 4.78 is 11.8. The molecular formula is C30H33N3O5. The standard InChI is InChI=1S/C30H33N3O5/c1-18(2)27(32-22-11-8-20(9-12-22)30(36)33(4)16-14-26(34)35)28-19(3)24-17-21(10-13-25(24)38-28)23-7-6-15-31-29(23)37-5/h6-13,15,17-18,27,32H,14,16H2,1-5H3,(H,34,35). The Labute approximate surface area is 222 Å². The van der Waals surface area contributed by atoms with Gasteiger partial charge >= 0.3 is 5.97 Å². The molecule has 2 aromatic carbocycles. The fraction of sp³-hybridized carbons (Fsp3) is 0.300. The first-order valence-electron chi connectivity index (χ1n) is 12.6. The van der Waals surface area contributed by atoms with E-state index < -0.39 is 5.97 Å². The van der Waals surface area contributed by atoms with Crippen LogP contribution in [0.3, 0.4) is 0 Å². The summed E-state index contributed by atoms with van der Waals surface area (Å²) in [5, 5.41) is 13.5. The fourth-order valence-corrected chi connectivity index (χ4v) is 4.49.